The SMILES string of the molecule is O=C(O)CC1CCC(n2ncc(C(=O)N(CC(=O)c3c(Cl)cncc3Cl)Cc3cc(F)cc(F)c3)c2C(F)(F)F)CC1. The number of aromatic nitrogens is 3. The molecule has 0 bridgehead atoms. The molecule has 1 amide bonds. The number of alkyl halides is 3. The van der Waals surface area contributed by atoms with Crippen molar-refractivity contribution in [1.29, 1.82) is 0 Å². The maximum absolute atomic E-state index is 14.4. The molecule has 1 aromatic carbocycles. The van der Waals surface area contributed by atoms with Gasteiger partial charge in [-0.1, -0.05) is 23.2 Å². The van der Waals surface area contributed by atoms with Crippen LogP contribution in [0.3, 0.4) is 0 Å². The number of hydrogen-bond acceptors (Lipinski definition) is 5. The molecule has 42 heavy (non-hydrogen) atoms. The van der Waals surface area contributed by atoms with Crippen molar-refractivity contribution in [2.45, 2.75) is 50.9 Å². The Morgan fingerprint density at radius 2 is 1.57 bits per heavy atom. The predicted octanol–water partition coefficient (Wildman–Crippen LogP) is 6.61. The van der Waals surface area contributed by atoms with E-state index in [4.69, 9.17) is 28.3 Å². The zero-order valence-electron chi connectivity index (χ0n) is 21.7. The first-order valence-corrected chi connectivity index (χ1v) is 13.4. The van der Waals surface area contributed by atoms with Gasteiger partial charge in [-0.25, -0.2) is 8.78 Å². The highest BCUT2D eigenvalue weighted by Crippen LogP contribution is 2.40. The molecule has 0 atom stereocenters. The van der Waals surface area contributed by atoms with Crippen molar-refractivity contribution in [2.24, 2.45) is 5.92 Å². The van der Waals surface area contributed by atoms with Gasteiger partial charge in [0.1, 0.15) is 11.6 Å². The van der Waals surface area contributed by atoms with Gasteiger partial charge < -0.3 is 10.0 Å². The average molecular weight is 633 g/mol. The van der Waals surface area contributed by atoms with Gasteiger partial charge >= 0.3 is 12.1 Å². The fraction of sp³-hybridized carbons (Fsp3) is 0.370. The Bertz CT molecular complexity index is 1470. The van der Waals surface area contributed by atoms with Gasteiger partial charge in [-0.15, -0.1) is 0 Å². The standard InChI is InChI=1S/C27H23Cl2F5N4O4/c28-20-10-35-11-21(29)24(20)22(39)13-37(12-15-5-16(30)8-17(31)6-15)26(42)19-9-36-38(25(19)27(32,33)34)18-3-1-14(2-4-18)7-23(40)41/h5-6,8-11,14,18H,1-4,7,12-13H2,(H,40,41). The molecule has 1 N–H and O–H groups in total. The van der Waals surface area contributed by atoms with Crippen molar-refractivity contribution in [3.05, 3.63) is 80.9 Å². The Labute approximate surface area is 246 Å². The minimum atomic E-state index is -5.04. The van der Waals surface area contributed by atoms with E-state index in [0.29, 0.717) is 28.5 Å². The van der Waals surface area contributed by atoms with Crippen LogP contribution in [-0.2, 0) is 17.5 Å². The molecule has 0 spiro atoms. The summed E-state index contributed by atoms with van der Waals surface area (Å²) < 4.78 is 71.8. The Morgan fingerprint density at radius 3 is 2.12 bits per heavy atom. The summed E-state index contributed by atoms with van der Waals surface area (Å²) >= 11 is 12.1. The molecule has 0 aliphatic heterocycles. The normalized spacial score (nSPS) is 17.2. The van der Waals surface area contributed by atoms with Crippen LogP contribution < -0.4 is 0 Å². The lowest BCUT2D eigenvalue weighted by Gasteiger charge is -2.29. The van der Waals surface area contributed by atoms with Crippen LogP contribution in [0.25, 0.3) is 0 Å². The van der Waals surface area contributed by atoms with Crippen molar-refractivity contribution in [3.8, 4) is 0 Å². The quantitative estimate of drug-likeness (QED) is 0.210. The summed E-state index contributed by atoms with van der Waals surface area (Å²) in [4.78, 5) is 42.3. The van der Waals surface area contributed by atoms with Gasteiger partial charge in [0.15, 0.2) is 11.5 Å². The number of carboxylic acids is 1. The number of halogens is 7. The predicted molar refractivity (Wildman–Crippen MR) is 140 cm³/mol. The number of aliphatic carboxylic acids is 1. The van der Waals surface area contributed by atoms with Gasteiger partial charge in [0.25, 0.3) is 5.91 Å². The van der Waals surface area contributed by atoms with Crippen LogP contribution in [-0.4, -0.2) is 49.0 Å². The number of ketones is 1. The summed E-state index contributed by atoms with van der Waals surface area (Å²) in [5.74, 6) is -5.30. The van der Waals surface area contributed by atoms with Crippen molar-refractivity contribution in [3.63, 3.8) is 0 Å². The Morgan fingerprint density at radius 1 is 0.976 bits per heavy atom. The van der Waals surface area contributed by atoms with Gasteiger partial charge in [0.05, 0.1) is 40.0 Å². The van der Waals surface area contributed by atoms with Gasteiger partial charge in [0.2, 0.25) is 0 Å². The molecule has 1 saturated carbocycles. The number of rotatable bonds is 9. The molecule has 4 rings (SSSR count). The number of Topliss-reactive ketones (excluding diaryl/α,β-unsaturated/α-hetero) is 1. The zero-order chi connectivity index (χ0) is 30.8. The third kappa shape index (κ3) is 7.24. The van der Waals surface area contributed by atoms with Crippen LogP contribution in [0.1, 0.15) is 70.1 Å². The molecule has 0 unspecified atom stereocenters. The Hall–Kier alpha value is -3.58. The first kappa shape index (κ1) is 31.4. The molecule has 1 aliphatic rings. The van der Waals surface area contributed by atoms with Crippen LogP contribution in [0.4, 0.5) is 22.0 Å². The Kier molecular flexibility index (Phi) is 9.51. The Balaban J connectivity index is 1.70. The van der Waals surface area contributed by atoms with E-state index in [1.807, 2.05) is 0 Å². The van der Waals surface area contributed by atoms with E-state index in [-0.39, 0.29) is 46.4 Å². The second-order valence-corrected chi connectivity index (χ2v) is 10.8. The van der Waals surface area contributed by atoms with E-state index < -0.39 is 65.9 Å². The molecule has 15 heteroatoms. The second-order valence-electron chi connectivity index (χ2n) is 9.96. The number of carbonyl (C=O) groups excluding carboxylic acids is 2. The number of nitrogens with zero attached hydrogens (tertiary/aromatic N) is 4. The molecule has 224 valence electrons. The maximum Gasteiger partial charge on any atom is 0.433 e. The van der Waals surface area contributed by atoms with Crippen LogP contribution in [0, 0.1) is 17.6 Å². The van der Waals surface area contributed by atoms with Crippen molar-refractivity contribution < 1.29 is 41.4 Å². The van der Waals surface area contributed by atoms with Gasteiger partial charge in [0, 0.05) is 31.4 Å². The summed E-state index contributed by atoms with van der Waals surface area (Å²) in [5, 5.41) is 12.6. The smallest absolute Gasteiger partial charge is 0.433 e. The van der Waals surface area contributed by atoms with E-state index in [0.717, 1.165) is 30.7 Å². The van der Waals surface area contributed by atoms with Crippen LogP contribution in [0.2, 0.25) is 10.0 Å². The second kappa shape index (κ2) is 12.7. The minimum Gasteiger partial charge on any atom is -0.481 e. The largest absolute Gasteiger partial charge is 0.481 e. The van der Waals surface area contributed by atoms with Crippen molar-refractivity contribution in [2.75, 3.05) is 6.54 Å². The molecule has 1 fully saturated rings. The summed E-state index contributed by atoms with van der Waals surface area (Å²) in [6, 6.07) is 1.58. The van der Waals surface area contributed by atoms with Gasteiger partial charge in [-0.3, -0.25) is 24.0 Å². The number of amides is 1. The van der Waals surface area contributed by atoms with Gasteiger partial charge in [-0.05, 0) is 49.3 Å². The molecular weight excluding hydrogens is 610 g/mol. The number of carboxylic acid groups (broad SMARTS) is 1. The van der Waals surface area contributed by atoms with E-state index >= 15 is 0 Å². The first-order valence-electron chi connectivity index (χ1n) is 12.7. The highest BCUT2D eigenvalue weighted by molar-refractivity contribution is 6.39. The molecule has 3 aromatic rings. The first-order chi connectivity index (χ1) is 19.7. The summed E-state index contributed by atoms with van der Waals surface area (Å²) in [7, 11) is 0. The lowest BCUT2D eigenvalue weighted by atomic mass is 9.84. The molecule has 2 aromatic heterocycles. The fourth-order valence-electron chi connectivity index (χ4n) is 5.14. The summed E-state index contributed by atoms with van der Waals surface area (Å²) in [5.41, 5.74) is -2.58. The van der Waals surface area contributed by atoms with Crippen molar-refractivity contribution >= 4 is 40.9 Å². The van der Waals surface area contributed by atoms with Crippen LogP contribution in [0.15, 0.2) is 36.8 Å². The highest BCUT2D eigenvalue weighted by Gasteiger charge is 2.43. The zero-order valence-corrected chi connectivity index (χ0v) is 23.2. The molecule has 1 aliphatic carbocycles. The van der Waals surface area contributed by atoms with E-state index in [1.165, 1.54) is 0 Å². The van der Waals surface area contributed by atoms with Crippen molar-refractivity contribution in [1.82, 2.24) is 19.7 Å². The summed E-state index contributed by atoms with van der Waals surface area (Å²) in [6.07, 6.45) is -1.04. The fourth-order valence-corrected chi connectivity index (χ4v) is 5.72. The lowest BCUT2D eigenvalue weighted by molar-refractivity contribution is -0.145. The maximum atomic E-state index is 14.4. The van der Waals surface area contributed by atoms with Crippen LogP contribution >= 0.6 is 23.2 Å². The number of pyridine rings is 1. The number of carbonyl (C=O) groups is 3. The third-order valence-corrected chi connectivity index (χ3v) is 7.54. The molecule has 2 heterocycles. The van der Waals surface area contributed by atoms with Gasteiger partial charge in [-0.2, -0.15) is 18.3 Å². The summed E-state index contributed by atoms with van der Waals surface area (Å²) in [6.45, 7) is -1.48. The topological polar surface area (TPSA) is 105 Å². The third-order valence-electron chi connectivity index (χ3n) is 6.97. The van der Waals surface area contributed by atoms with E-state index in [9.17, 15) is 36.3 Å². The molecule has 0 radical (unpaired) electrons. The number of benzene rings is 1. The lowest BCUT2D eigenvalue weighted by Crippen LogP contribution is -2.37. The van der Waals surface area contributed by atoms with E-state index in [1.54, 1.807) is 0 Å². The monoisotopic (exact) mass is 632 g/mol. The molecular formula is C27H23Cl2F5N4O4. The van der Waals surface area contributed by atoms with E-state index in [2.05, 4.69) is 10.1 Å². The molecule has 8 nitrogen and oxygen atoms in total. The number of hydrogen-bond donors (Lipinski definition) is 1. The van der Waals surface area contributed by atoms with Crippen LogP contribution in [0.5, 0.6) is 0 Å². The molecule has 0 saturated heterocycles. The highest BCUT2D eigenvalue weighted by atomic mass is 35.5. The average Bonchev–Trinajstić information content (AvgIpc) is 3.33. The minimum absolute atomic E-state index is 0.100.